The van der Waals surface area contributed by atoms with Gasteiger partial charge in [-0.15, -0.1) is 5.10 Å². The quantitative estimate of drug-likeness (QED) is 0.621. The maximum atomic E-state index is 12.3. The van der Waals surface area contributed by atoms with E-state index in [-0.39, 0.29) is 18.0 Å². The van der Waals surface area contributed by atoms with Gasteiger partial charge < -0.3 is 19.7 Å². The highest BCUT2D eigenvalue weighted by Crippen LogP contribution is 2.26. The molecule has 0 amide bonds. The summed E-state index contributed by atoms with van der Waals surface area (Å²) in [7, 11) is 0. The van der Waals surface area contributed by atoms with Gasteiger partial charge in [0.15, 0.2) is 5.82 Å². The van der Waals surface area contributed by atoms with Crippen molar-refractivity contribution in [2.45, 2.75) is 32.7 Å². The van der Waals surface area contributed by atoms with E-state index in [9.17, 15) is 8.78 Å². The minimum Gasteiger partial charge on any atom is -0.435 e. The van der Waals surface area contributed by atoms with E-state index in [1.807, 2.05) is 18.2 Å². The first-order chi connectivity index (χ1) is 15.0. The van der Waals surface area contributed by atoms with Gasteiger partial charge in [0.25, 0.3) is 0 Å². The van der Waals surface area contributed by atoms with Crippen LogP contribution in [0, 0.1) is 0 Å². The van der Waals surface area contributed by atoms with E-state index in [1.54, 1.807) is 24.5 Å². The zero-order valence-corrected chi connectivity index (χ0v) is 17.2. The Kier molecular flexibility index (Phi) is 6.22. The van der Waals surface area contributed by atoms with Crippen LogP contribution in [0.15, 0.2) is 54.9 Å². The van der Waals surface area contributed by atoms with Crippen molar-refractivity contribution in [3.63, 3.8) is 0 Å². The number of aromatic nitrogens is 3. The molecule has 0 aliphatic carbocycles. The number of rotatable bonds is 6. The van der Waals surface area contributed by atoms with Gasteiger partial charge in [-0.2, -0.15) is 13.9 Å². The van der Waals surface area contributed by atoms with Crippen LogP contribution in [0.2, 0.25) is 0 Å². The topological polar surface area (TPSA) is 72.4 Å². The second-order valence-electron chi connectivity index (χ2n) is 7.42. The number of hydrogen-bond donors (Lipinski definition) is 1. The average molecular weight is 427 g/mol. The summed E-state index contributed by atoms with van der Waals surface area (Å²) < 4.78 is 34.8. The summed E-state index contributed by atoms with van der Waals surface area (Å²) in [6.45, 7) is 2.82. The average Bonchev–Trinajstić information content (AvgIpc) is 2.74. The molecule has 2 aromatic heterocycles. The van der Waals surface area contributed by atoms with Crippen LogP contribution in [0.1, 0.15) is 13.8 Å². The van der Waals surface area contributed by atoms with E-state index in [0.717, 1.165) is 35.7 Å². The fourth-order valence-electron chi connectivity index (χ4n) is 3.60. The van der Waals surface area contributed by atoms with Crippen LogP contribution >= 0.6 is 0 Å². The molecular formula is C22H23F2N5O2. The van der Waals surface area contributed by atoms with Crippen LogP contribution in [0.3, 0.4) is 0 Å². The Hall–Kier alpha value is -3.33. The molecule has 0 radical (unpaired) electrons. The predicted molar refractivity (Wildman–Crippen MR) is 114 cm³/mol. The van der Waals surface area contributed by atoms with Crippen molar-refractivity contribution >= 4 is 17.3 Å². The number of nitrogens with one attached hydrogen (secondary N) is 1. The number of halogens is 2. The molecule has 1 saturated heterocycles. The molecule has 9 heteroatoms. The van der Waals surface area contributed by atoms with Gasteiger partial charge in [-0.05, 0) is 43.7 Å². The molecule has 1 aliphatic heterocycles. The fourth-order valence-corrected chi connectivity index (χ4v) is 3.60. The van der Waals surface area contributed by atoms with Gasteiger partial charge in [-0.1, -0.05) is 12.1 Å². The maximum absolute atomic E-state index is 12.3. The summed E-state index contributed by atoms with van der Waals surface area (Å²) in [6.07, 6.45) is 3.65. The highest BCUT2D eigenvalue weighted by atomic mass is 19.3. The van der Waals surface area contributed by atoms with Gasteiger partial charge in [0.1, 0.15) is 11.6 Å². The lowest BCUT2D eigenvalue weighted by atomic mass is 10.1. The Morgan fingerprint density at radius 2 is 1.81 bits per heavy atom. The van der Waals surface area contributed by atoms with Gasteiger partial charge in [0, 0.05) is 36.6 Å². The highest BCUT2D eigenvalue weighted by Gasteiger charge is 2.23. The van der Waals surface area contributed by atoms with Crippen LogP contribution in [0.25, 0.3) is 11.1 Å². The number of nitrogens with zero attached hydrogens (tertiary/aromatic N) is 4. The smallest absolute Gasteiger partial charge is 0.387 e. The third-order valence-corrected chi connectivity index (χ3v) is 4.83. The Morgan fingerprint density at radius 1 is 1.06 bits per heavy atom. The number of morpholine rings is 1. The summed E-state index contributed by atoms with van der Waals surface area (Å²) in [5.41, 5.74) is 2.45. The molecule has 4 rings (SSSR count). The second-order valence-corrected chi connectivity index (χ2v) is 7.42. The van der Waals surface area contributed by atoms with Crippen molar-refractivity contribution < 1.29 is 18.3 Å². The van der Waals surface area contributed by atoms with Gasteiger partial charge in [-0.25, -0.2) is 4.98 Å². The molecule has 1 fully saturated rings. The van der Waals surface area contributed by atoms with E-state index in [1.165, 1.54) is 12.1 Å². The van der Waals surface area contributed by atoms with Crippen molar-refractivity contribution in [1.29, 1.82) is 0 Å². The molecule has 3 aromatic rings. The van der Waals surface area contributed by atoms with Gasteiger partial charge in [0.05, 0.1) is 18.4 Å². The van der Waals surface area contributed by atoms with E-state index in [0.29, 0.717) is 5.82 Å². The standard InChI is InChI=1S/C22H23F2N5O2/c1-14-12-29(13-15(2)30-14)21-10-18(7-8-25-21)27-20-9-17(11-26-28-20)16-3-5-19(6-4-16)31-22(23)24/h3-11,14-15,22H,12-13H2,1-2H3,(H,25,27,28). The largest absolute Gasteiger partial charge is 0.435 e. The number of hydrogen-bond acceptors (Lipinski definition) is 7. The van der Waals surface area contributed by atoms with Crippen molar-refractivity contribution in [2.75, 3.05) is 23.3 Å². The Morgan fingerprint density at radius 3 is 2.52 bits per heavy atom. The van der Waals surface area contributed by atoms with Gasteiger partial charge in [-0.3, -0.25) is 0 Å². The van der Waals surface area contributed by atoms with Crippen LogP contribution < -0.4 is 15.0 Å². The molecule has 1 N–H and O–H groups in total. The molecule has 2 unspecified atom stereocenters. The first kappa shape index (κ1) is 20.9. The second kappa shape index (κ2) is 9.22. The minimum absolute atomic E-state index is 0.107. The first-order valence-corrected chi connectivity index (χ1v) is 9.98. The van der Waals surface area contributed by atoms with Crippen molar-refractivity contribution in [3.8, 4) is 16.9 Å². The predicted octanol–water partition coefficient (Wildman–Crippen LogP) is 4.50. The molecule has 7 nitrogen and oxygen atoms in total. The number of pyridine rings is 1. The van der Waals surface area contributed by atoms with Crippen LogP contribution in [-0.2, 0) is 4.74 Å². The van der Waals surface area contributed by atoms with Crippen molar-refractivity contribution in [2.24, 2.45) is 0 Å². The Labute approximate surface area is 179 Å². The first-order valence-electron chi connectivity index (χ1n) is 9.98. The van der Waals surface area contributed by atoms with Crippen LogP contribution in [-0.4, -0.2) is 47.1 Å². The third kappa shape index (κ3) is 5.43. The third-order valence-electron chi connectivity index (χ3n) is 4.83. The summed E-state index contributed by atoms with van der Waals surface area (Å²) in [5.74, 6) is 1.53. The lowest BCUT2D eigenvalue weighted by molar-refractivity contribution is -0.0498. The van der Waals surface area contributed by atoms with Crippen LogP contribution in [0.5, 0.6) is 5.75 Å². The monoisotopic (exact) mass is 427 g/mol. The highest BCUT2D eigenvalue weighted by molar-refractivity contribution is 5.68. The van der Waals surface area contributed by atoms with E-state index < -0.39 is 6.61 Å². The van der Waals surface area contributed by atoms with Crippen LogP contribution in [0.4, 0.5) is 26.1 Å². The molecule has 31 heavy (non-hydrogen) atoms. The van der Waals surface area contributed by atoms with Gasteiger partial charge >= 0.3 is 6.61 Å². The Balaban J connectivity index is 1.49. The number of benzene rings is 1. The lowest BCUT2D eigenvalue weighted by Crippen LogP contribution is -2.45. The molecule has 0 saturated carbocycles. The number of ether oxygens (including phenoxy) is 2. The summed E-state index contributed by atoms with van der Waals surface area (Å²) in [4.78, 5) is 6.70. The molecule has 162 valence electrons. The normalized spacial score (nSPS) is 18.8. The molecule has 1 aliphatic rings. The maximum Gasteiger partial charge on any atom is 0.387 e. The summed E-state index contributed by atoms with van der Waals surface area (Å²) in [5, 5.41) is 11.5. The molecule has 3 heterocycles. The van der Waals surface area contributed by atoms with E-state index >= 15 is 0 Å². The summed E-state index contributed by atoms with van der Waals surface area (Å²) in [6, 6.07) is 12.1. The molecule has 2 atom stereocenters. The molecule has 1 aromatic carbocycles. The SMILES string of the molecule is CC1CN(c2cc(Nc3cc(-c4ccc(OC(F)F)cc4)cnn3)ccn2)CC(C)O1. The van der Waals surface area contributed by atoms with Crippen molar-refractivity contribution in [3.05, 3.63) is 54.9 Å². The number of anilines is 3. The minimum atomic E-state index is -2.85. The van der Waals surface area contributed by atoms with E-state index in [2.05, 4.69) is 44.0 Å². The summed E-state index contributed by atoms with van der Waals surface area (Å²) >= 11 is 0. The zero-order valence-electron chi connectivity index (χ0n) is 17.2. The molecule has 0 spiro atoms. The lowest BCUT2D eigenvalue weighted by Gasteiger charge is -2.36. The molecule has 0 bridgehead atoms. The fraction of sp³-hybridized carbons (Fsp3) is 0.318. The van der Waals surface area contributed by atoms with E-state index in [4.69, 9.17) is 4.74 Å². The van der Waals surface area contributed by atoms with Gasteiger partial charge in [0.2, 0.25) is 0 Å². The molecular weight excluding hydrogens is 404 g/mol. The Bertz CT molecular complexity index is 1010. The number of alkyl halides is 2. The van der Waals surface area contributed by atoms with Crippen molar-refractivity contribution in [1.82, 2.24) is 15.2 Å². The zero-order chi connectivity index (χ0) is 21.8.